The van der Waals surface area contributed by atoms with Gasteiger partial charge in [0, 0.05) is 6.42 Å². The molecule has 0 fully saturated rings. The highest BCUT2D eigenvalue weighted by molar-refractivity contribution is 5.76. The summed E-state index contributed by atoms with van der Waals surface area (Å²) >= 11 is 0. The summed E-state index contributed by atoms with van der Waals surface area (Å²) in [4.78, 5) is 10.8. The number of rotatable bonds is 4. The zero-order valence-electron chi connectivity index (χ0n) is 8.55. The number of hydrogen-bond donors (Lipinski definition) is 1. The van der Waals surface area contributed by atoms with E-state index in [9.17, 15) is 18.0 Å². The Labute approximate surface area is 91.5 Å². The van der Waals surface area contributed by atoms with E-state index in [2.05, 4.69) is 0 Å². The lowest BCUT2D eigenvalue weighted by atomic mass is 10.1. The Kier molecular flexibility index (Phi) is 4.34. The van der Waals surface area contributed by atoms with E-state index in [4.69, 9.17) is 0 Å². The molecule has 1 N–H and O–H groups in total. The Bertz CT molecular complexity index is 335. The van der Waals surface area contributed by atoms with Gasteiger partial charge in [-0.3, -0.25) is 10.1 Å². The van der Waals surface area contributed by atoms with Gasteiger partial charge in [0.25, 0.3) is 0 Å². The van der Waals surface area contributed by atoms with Crippen LogP contribution in [-0.4, -0.2) is 12.2 Å². The molecule has 0 unspecified atom stereocenters. The first-order valence-electron chi connectivity index (χ1n) is 4.89. The average Bonchev–Trinajstić information content (AvgIpc) is 2.16. The number of halogens is 3. The molecule has 16 heavy (non-hydrogen) atoms. The zero-order valence-corrected chi connectivity index (χ0v) is 8.55. The minimum absolute atomic E-state index is 0.117. The summed E-state index contributed by atoms with van der Waals surface area (Å²) in [7, 11) is 0. The lowest BCUT2D eigenvalue weighted by Crippen LogP contribution is -2.36. The summed E-state index contributed by atoms with van der Waals surface area (Å²) in [6.45, 7) is 0. The number of carbonyl (C=O) groups is 1. The molecule has 88 valence electrons. The molecule has 0 bridgehead atoms. The van der Waals surface area contributed by atoms with Gasteiger partial charge in [0.05, 0.1) is 0 Å². The van der Waals surface area contributed by atoms with Gasteiger partial charge in [-0.25, -0.2) is 0 Å². The van der Waals surface area contributed by atoms with Gasteiger partial charge in [-0.2, -0.15) is 13.2 Å². The Morgan fingerprint density at radius 1 is 1.19 bits per heavy atom. The number of amides is 1. The van der Waals surface area contributed by atoms with Crippen molar-refractivity contribution < 1.29 is 18.0 Å². The van der Waals surface area contributed by atoms with Gasteiger partial charge in [-0.1, -0.05) is 30.3 Å². The lowest BCUT2D eigenvalue weighted by Gasteiger charge is -2.07. The average molecular weight is 231 g/mol. The number of hydrogen-bond acceptors (Lipinski definition) is 1. The van der Waals surface area contributed by atoms with Crippen molar-refractivity contribution in [1.29, 1.82) is 0 Å². The van der Waals surface area contributed by atoms with Crippen molar-refractivity contribution in [2.75, 3.05) is 0 Å². The van der Waals surface area contributed by atoms with E-state index in [1.165, 1.54) is 0 Å². The Balaban J connectivity index is 2.24. The molecule has 1 rings (SSSR count). The van der Waals surface area contributed by atoms with Crippen LogP contribution in [0.1, 0.15) is 18.4 Å². The first-order valence-corrected chi connectivity index (χ1v) is 4.89. The molecular formula is C11H12F3NO. The summed E-state index contributed by atoms with van der Waals surface area (Å²) < 4.78 is 35.2. The van der Waals surface area contributed by atoms with Gasteiger partial charge in [-0.15, -0.1) is 0 Å². The summed E-state index contributed by atoms with van der Waals surface area (Å²) in [5, 5.41) is 0.966. The fourth-order valence-corrected chi connectivity index (χ4v) is 1.32. The van der Waals surface area contributed by atoms with E-state index >= 15 is 0 Å². The quantitative estimate of drug-likeness (QED) is 0.793. The van der Waals surface area contributed by atoms with Gasteiger partial charge < -0.3 is 0 Å². The van der Waals surface area contributed by atoms with Crippen molar-refractivity contribution in [3.63, 3.8) is 0 Å². The van der Waals surface area contributed by atoms with Crippen LogP contribution >= 0.6 is 0 Å². The van der Waals surface area contributed by atoms with Gasteiger partial charge in [0.2, 0.25) is 5.91 Å². The van der Waals surface area contributed by atoms with Gasteiger partial charge >= 0.3 is 6.30 Å². The molecule has 2 nitrogen and oxygen atoms in total. The van der Waals surface area contributed by atoms with E-state index in [1.807, 2.05) is 30.3 Å². The van der Waals surface area contributed by atoms with Gasteiger partial charge in [0.1, 0.15) is 0 Å². The molecule has 0 aliphatic heterocycles. The van der Waals surface area contributed by atoms with Crippen LogP contribution in [0.3, 0.4) is 0 Å². The highest BCUT2D eigenvalue weighted by atomic mass is 19.4. The van der Waals surface area contributed by atoms with E-state index in [0.717, 1.165) is 10.9 Å². The number of carbonyl (C=O) groups excluding carboxylic acids is 1. The molecule has 0 atom stereocenters. The fourth-order valence-electron chi connectivity index (χ4n) is 1.32. The summed E-state index contributed by atoms with van der Waals surface area (Å²) in [5.74, 6) is -0.983. The minimum atomic E-state index is -4.62. The molecule has 0 spiro atoms. The SMILES string of the molecule is O=C(CCCc1ccccc1)NC(F)(F)F. The first kappa shape index (κ1) is 12.5. The Morgan fingerprint density at radius 3 is 2.38 bits per heavy atom. The minimum Gasteiger partial charge on any atom is -0.275 e. The third-order valence-corrected chi connectivity index (χ3v) is 1.99. The van der Waals surface area contributed by atoms with Crippen LogP contribution in [0.15, 0.2) is 30.3 Å². The zero-order chi connectivity index (χ0) is 12.0. The molecule has 1 aromatic carbocycles. The number of benzene rings is 1. The highest BCUT2D eigenvalue weighted by Crippen LogP contribution is 2.10. The molecule has 0 saturated carbocycles. The van der Waals surface area contributed by atoms with Crippen molar-refractivity contribution in [2.45, 2.75) is 25.6 Å². The largest absolute Gasteiger partial charge is 0.484 e. The monoisotopic (exact) mass is 231 g/mol. The van der Waals surface area contributed by atoms with Crippen LogP contribution in [0, 0.1) is 0 Å². The van der Waals surface area contributed by atoms with Crippen LogP contribution in [0.4, 0.5) is 13.2 Å². The molecule has 1 aromatic rings. The van der Waals surface area contributed by atoms with Crippen molar-refractivity contribution in [1.82, 2.24) is 5.32 Å². The molecule has 0 radical (unpaired) electrons. The summed E-state index contributed by atoms with van der Waals surface area (Å²) in [6.07, 6.45) is -3.73. The smallest absolute Gasteiger partial charge is 0.275 e. The Hall–Kier alpha value is -1.52. The Morgan fingerprint density at radius 2 is 1.81 bits per heavy atom. The lowest BCUT2D eigenvalue weighted by molar-refractivity contribution is -0.169. The normalized spacial score (nSPS) is 11.2. The highest BCUT2D eigenvalue weighted by Gasteiger charge is 2.29. The molecule has 5 heteroatoms. The van der Waals surface area contributed by atoms with E-state index in [1.54, 1.807) is 0 Å². The molecule has 0 saturated heterocycles. The third kappa shape index (κ3) is 5.38. The van der Waals surface area contributed by atoms with Crippen LogP contribution in [-0.2, 0) is 11.2 Å². The molecule has 0 heterocycles. The van der Waals surface area contributed by atoms with Crippen LogP contribution in [0.2, 0.25) is 0 Å². The number of aryl methyl sites for hydroxylation is 1. The van der Waals surface area contributed by atoms with Crippen molar-refractivity contribution in [3.05, 3.63) is 35.9 Å². The maximum atomic E-state index is 11.7. The van der Waals surface area contributed by atoms with E-state index < -0.39 is 12.2 Å². The standard InChI is InChI=1S/C11H12F3NO/c12-11(13,14)15-10(16)8-4-7-9-5-2-1-3-6-9/h1-3,5-6H,4,7-8H2,(H,15,16). The molecule has 0 aliphatic rings. The van der Waals surface area contributed by atoms with Crippen molar-refractivity contribution in [3.8, 4) is 0 Å². The molecule has 1 amide bonds. The predicted octanol–water partition coefficient (Wildman–Crippen LogP) is 2.65. The second-order valence-corrected chi connectivity index (χ2v) is 3.39. The molecular weight excluding hydrogens is 219 g/mol. The second-order valence-electron chi connectivity index (χ2n) is 3.39. The number of nitrogens with one attached hydrogen (secondary N) is 1. The van der Waals surface area contributed by atoms with E-state index in [-0.39, 0.29) is 6.42 Å². The van der Waals surface area contributed by atoms with Crippen LogP contribution < -0.4 is 5.32 Å². The maximum absolute atomic E-state index is 11.7. The van der Waals surface area contributed by atoms with Crippen molar-refractivity contribution >= 4 is 5.91 Å². The second kappa shape index (κ2) is 5.53. The maximum Gasteiger partial charge on any atom is 0.484 e. The summed E-state index contributed by atoms with van der Waals surface area (Å²) in [6, 6.07) is 9.32. The first-order chi connectivity index (χ1) is 7.47. The third-order valence-electron chi connectivity index (χ3n) is 1.99. The van der Waals surface area contributed by atoms with Crippen molar-refractivity contribution in [2.24, 2.45) is 0 Å². The number of alkyl halides is 3. The van der Waals surface area contributed by atoms with Crippen LogP contribution in [0.25, 0.3) is 0 Å². The van der Waals surface area contributed by atoms with Gasteiger partial charge in [-0.05, 0) is 18.4 Å². The van der Waals surface area contributed by atoms with Gasteiger partial charge in [0.15, 0.2) is 0 Å². The fraction of sp³-hybridized carbons (Fsp3) is 0.364. The van der Waals surface area contributed by atoms with Crippen LogP contribution in [0.5, 0.6) is 0 Å². The molecule has 0 aromatic heterocycles. The molecule has 0 aliphatic carbocycles. The topological polar surface area (TPSA) is 29.1 Å². The summed E-state index contributed by atoms with van der Waals surface area (Å²) in [5.41, 5.74) is 1.02. The van der Waals surface area contributed by atoms with E-state index in [0.29, 0.717) is 12.8 Å². The predicted molar refractivity (Wildman–Crippen MR) is 53.6 cm³/mol.